The number of aliphatic hydroxyl groups excluding tert-OH is 1. The standard InChI is InChI=1S/C30H32F3N3O5S/c1-42(40,41)25-16-22(15-24(17-25)36-12-6-11-28(36)38)29(39)35-26(14-20-7-3-2-4-8-20)27(37)19-34-18-21-9-5-10-23(13-21)30(31,32)33/h2-5,7-10,13,15-17,26-27,34,37H,6,11-12,14,18-19H2,1H3,(H,35,39). The lowest BCUT2D eigenvalue weighted by Crippen LogP contribution is -2.48. The van der Waals surface area contributed by atoms with Gasteiger partial charge in [0.2, 0.25) is 5.91 Å². The molecule has 0 bridgehead atoms. The molecule has 3 aromatic rings. The van der Waals surface area contributed by atoms with E-state index in [9.17, 15) is 36.3 Å². The van der Waals surface area contributed by atoms with Gasteiger partial charge in [-0.15, -0.1) is 0 Å². The highest BCUT2D eigenvalue weighted by atomic mass is 32.2. The van der Waals surface area contributed by atoms with Crippen molar-refractivity contribution in [3.8, 4) is 0 Å². The summed E-state index contributed by atoms with van der Waals surface area (Å²) in [5.41, 5.74) is 0.724. The van der Waals surface area contributed by atoms with Crippen LogP contribution in [0.15, 0.2) is 77.7 Å². The molecule has 0 spiro atoms. The number of amides is 2. The van der Waals surface area contributed by atoms with Crippen molar-refractivity contribution in [1.29, 1.82) is 0 Å². The largest absolute Gasteiger partial charge is 0.416 e. The summed E-state index contributed by atoms with van der Waals surface area (Å²) in [7, 11) is -3.72. The van der Waals surface area contributed by atoms with E-state index in [2.05, 4.69) is 10.6 Å². The van der Waals surface area contributed by atoms with Gasteiger partial charge in [0, 0.05) is 43.6 Å². The van der Waals surface area contributed by atoms with Crippen molar-refractivity contribution in [1.82, 2.24) is 10.6 Å². The van der Waals surface area contributed by atoms with Gasteiger partial charge in [0.15, 0.2) is 9.84 Å². The van der Waals surface area contributed by atoms with Gasteiger partial charge in [-0.2, -0.15) is 13.2 Å². The van der Waals surface area contributed by atoms with Crippen LogP contribution in [-0.4, -0.2) is 56.8 Å². The molecule has 42 heavy (non-hydrogen) atoms. The van der Waals surface area contributed by atoms with Crippen LogP contribution >= 0.6 is 0 Å². The Labute approximate surface area is 242 Å². The molecule has 0 aromatic heterocycles. The Morgan fingerprint density at radius 1 is 1.02 bits per heavy atom. The smallest absolute Gasteiger partial charge is 0.390 e. The molecule has 1 aliphatic rings. The highest BCUT2D eigenvalue weighted by Gasteiger charge is 2.30. The molecule has 2 atom stereocenters. The number of hydrogen-bond donors (Lipinski definition) is 3. The number of rotatable bonds is 11. The van der Waals surface area contributed by atoms with Gasteiger partial charge in [0.1, 0.15) is 0 Å². The lowest BCUT2D eigenvalue weighted by atomic mass is 10.00. The van der Waals surface area contributed by atoms with Crippen LogP contribution in [0.5, 0.6) is 0 Å². The van der Waals surface area contributed by atoms with E-state index in [1.807, 2.05) is 18.2 Å². The molecule has 224 valence electrons. The van der Waals surface area contributed by atoms with E-state index in [0.29, 0.717) is 30.6 Å². The predicted molar refractivity (Wildman–Crippen MR) is 152 cm³/mol. The number of hydrogen-bond acceptors (Lipinski definition) is 6. The second-order valence-electron chi connectivity index (χ2n) is 10.3. The first-order chi connectivity index (χ1) is 19.8. The Morgan fingerprint density at radius 3 is 2.38 bits per heavy atom. The van der Waals surface area contributed by atoms with Crippen molar-refractivity contribution in [3.05, 3.63) is 95.1 Å². The van der Waals surface area contributed by atoms with Gasteiger partial charge in [-0.3, -0.25) is 9.59 Å². The molecule has 1 saturated heterocycles. The van der Waals surface area contributed by atoms with Gasteiger partial charge in [0.05, 0.1) is 22.6 Å². The number of halogens is 3. The molecule has 3 N–H and O–H groups in total. The second-order valence-corrected chi connectivity index (χ2v) is 12.3. The van der Waals surface area contributed by atoms with E-state index in [0.717, 1.165) is 24.0 Å². The molecule has 1 heterocycles. The molecular formula is C30H32F3N3O5S. The van der Waals surface area contributed by atoms with Crippen molar-refractivity contribution in [2.45, 2.75) is 49.0 Å². The third kappa shape index (κ3) is 8.17. The molecule has 0 radical (unpaired) electrons. The van der Waals surface area contributed by atoms with Crippen LogP contribution in [0.25, 0.3) is 0 Å². The lowest BCUT2D eigenvalue weighted by Gasteiger charge is -2.25. The summed E-state index contributed by atoms with van der Waals surface area (Å²) >= 11 is 0. The van der Waals surface area contributed by atoms with Crippen LogP contribution < -0.4 is 15.5 Å². The number of nitrogens with zero attached hydrogens (tertiary/aromatic N) is 1. The fourth-order valence-corrected chi connectivity index (χ4v) is 5.45. The third-order valence-corrected chi connectivity index (χ3v) is 8.08. The van der Waals surface area contributed by atoms with E-state index in [-0.39, 0.29) is 35.9 Å². The Morgan fingerprint density at radius 2 is 1.74 bits per heavy atom. The molecule has 2 unspecified atom stereocenters. The molecule has 3 aromatic carbocycles. The number of carbonyl (C=O) groups excluding carboxylic acids is 2. The van der Waals surface area contributed by atoms with E-state index >= 15 is 0 Å². The number of anilines is 1. The average molecular weight is 604 g/mol. The highest BCUT2D eigenvalue weighted by Crippen LogP contribution is 2.30. The Balaban J connectivity index is 1.53. The molecule has 1 aliphatic heterocycles. The Hall–Kier alpha value is -3.74. The van der Waals surface area contributed by atoms with Crippen molar-refractivity contribution in [2.75, 3.05) is 24.2 Å². The molecular weight excluding hydrogens is 571 g/mol. The zero-order valence-electron chi connectivity index (χ0n) is 22.9. The van der Waals surface area contributed by atoms with Crippen molar-refractivity contribution < 1.29 is 36.3 Å². The Bertz CT molecular complexity index is 1530. The molecule has 12 heteroatoms. The van der Waals surface area contributed by atoms with Crippen LogP contribution in [0.1, 0.15) is 39.9 Å². The quantitative estimate of drug-likeness (QED) is 0.308. The number of nitrogens with one attached hydrogen (secondary N) is 2. The Kier molecular flexibility index (Phi) is 9.70. The topological polar surface area (TPSA) is 116 Å². The maximum Gasteiger partial charge on any atom is 0.416 e. The van der Waals surface area contributed by atoms with Crippen molar-refractivity contribution in [2.24, 2.45) is 0 Å². The minimum atomic E-state index is -4.48. The van der Waals surface area contributed by atoms with Crippen LogP contribution in [0.4, 0.5) is 18.9 Å². The molecule has 4 rings (SSSR count). The van der Waals surface area contributed by atoms with Crippen LogP contribution in [0, 0.1) is 0 Å². The zero-order chi connectivity index (χ0) is 30.5. The first kappa shape index (κ1) is 31.2. The van der Waals surface area contributed by atoms with Gasteiger partial charge in [-0.25, -0.2) is 8.42 Å². The van der Waals surface area contributed by atoms with Crippen molar-refractivity contribution in [3.63, 3.8) is 0 Å². The number of carbonyl (C=O) groups is 2. The first-order valence-corrected chi connectivity index (χ1v) is 15.3. The first-order valence-electron chi connectivity index (χ1n) is 13.4. The van der Waals surface area contributed by atoms with Crippen LogP contribution in [-0.2, 0) is 33.8 Å². The zero-order valence-corrected chi connectivity index (χ0v) is 23.7. The van der Waals surface area contributed by atoms with E-state index < -0.39 is 39.6 Å². The fraction of sp³-hybridized carbons (Fsp3) is 0.333. The van der Waals surface area contributed by atoms with Crippen LogP contribution in [0.3, 0.4) is 0 Å². The lowest BCUT2D eigenvalue weighted by molar-refractivity contribution is -0.137. The summed E-state index contributed by atoms with van der Waals surface area (Å²) in [6.45, 7) is 0.404. The van der Waals surface area contributed by atoms with Crippen LogP contribution in [0.2, 0.25) is 0 Å². The molecule has 0 saturated carbocycles. The SMILES string of the molecule is CS(=O)(=O)c1cc(C(=O)NC(Cc2ccccc2)C(O)CNCc2cccc(C(F)(F)F)c2)cc(N2CCCC2=O)c1. The van der Waals surface area contributed by atoms with Gasteiger partial charge in [0.25, 0.3) is 5.91 Å². The predicted octanol–water partition coefficient (Wildman–Crippen LogP) is 3.73. The molecule has 1 fully saturated rings. The highest BCUT2D eigenvalue weighted by molar-refractivity contribution is 7.90. The third-order valence-electron chi connectivity index (χ3n) is 6.98. The van der Waals surface area contributed by atoms with Crippen molar-refractivity contribution >= 4 is 27.3 Å². The average Bonchev–Trinajstić information content (AvgIpc) is 3.38. The number of aliphatic hydroxyl groups is 1. The van der Waals surface area contributed by atoms with Gasteiger partial charge < -0.3 is 20.6 Å². The summed E-state index contributed by atoms with van der Waals surface area (Å²) < 4.78 is 64.0. The summed E-state index contributed by atoms with van der Waals surface area (Å²) in [6, 6.07) is 17.1. The number of sulfone groups is 1. The van der Waals surface area contributed by atoms with Gasteiger partial charge in [-0.05, 0) is 48.2 Å². The summed E-state index contributed by atoms with van der Waals surface area (Å²) in [6.07, 6.45) is -3.46. The molecule has 2 amide bonds. The van der Waals surface area contributed by atoms with E-state index in [1.54, 1.807) is 12.1 Å². The van der Waals surface area contributed by atoms with Gasteiger partial charge >= 0.3 is 6.18 Å². The fourth-order valence-electron chi connectivity index (χ4n) is 4.77. The van der Waals surface area contributed by atoms with E-state index in [1.165, 1.54) is 35.2 Å². The summed E-state index contributed by atoms with van der Waals surface area (Å²) in [5, 5.41) is 16.8. The normalized spacial score (nSPS) is 15.5. The minimum Gasteiger partial charge on any atom is -0.390 e. The maximum atomic E-state index is 13.5. The summed E-state index contributed by atoms with van der Waals surface area (Å²) in [4.78, 5) is 27.1. The molecule has 0 aliphatic carbocycles. The monoisotopic (exact) mass is 603 g/mol. The minimum absolute atomic E-state index is 0.00908. The maximum absolute atomic E-state index is 13.5. The number of alkyl halides is 3. The van der Waals surface area contributed by atoms with E-state index in [4.69, 9.17) is 0 Å². The number of benzene rings is 3. The second kappa shape index (κ2) is 13.1. The molecule has 8 nitrogen and oxygen atoms in total. The van der Waals surface area contributed by atoms with Gasteiger partial charge in [-0.1, -0.05) is 48.5 Å². The summed E-state index contributed by atoms with van der Waals surface area (Å²) in [5.74, 6) is -0.817.